The Morgan fingerprint density at radius 3 is 2.60 bits per heavy atom. The number of guanidine groups is 1. The van der Waals surface area contributed by atoms with Crippen LogP contribution in [0.25, 0.3) is 0 Å². The number of nitrogens with one attached hydrogen (secondary N) is 2. The first-order valence-corrected chi connectivity index (χ1v) is 9.42. The van der Waals surface area contributed by atoms with Crippen molar-refractivity contribution in [2.75, 3.05) is 6.54 Å². The molecule has 1 aromatic heterocycles. The van der Waals surface area contributed by atoms with E-state index in [-0.39, 0.29) is 0 Å². The summed E-state index contributed by atoms with van der Waals surface area (Å²) < 4.78 is 2.07. The monoisotopic (exact) mass is 339 g/mol. The second-order valence-electron chi connectivity index (χ2n) is 6.73. The largest absolute Gasteiger partial charge is 0.357 e. The van der Waals surface area contributed by atoms with Crippen molar-refractivity contribution in [2.45, 2.75) is 58.2 Å². The molecule has 0 unspecified atom stereocenters. The van der Waals surface area contributed by atoms with E-state index in [4.69, 9.17) is 4.99 Å². The number of nitrogens with zero attached hydrogens (tertiary/aromatic N) is 3. The fourth-order valence-corrected chi connectivity index (χ4v) is 3.27. The van der Waals surface area contributed by atoms with Gasteiger partial charge in [-0.15, -0.1) is 0 Å². The van der Waals surface area contributed by atoms with Crippen LogP contribution in [0.1, 0.15) is 50.2 Å². The second-order valence-corrected chi connectivity index (χ2v) is 6.73. The molecule has 2 N–H and O–H groups in total. The summed E-state index contributed by atoms with van der Waals surface area (Å²) in [4.78, 5) is 8.84. The summed E-state index contributed by atoms with van der Waals surface area (Å²) in [5, 5.41) is 6.97. The minimum Gasteiger partial charge on any atom is -0.357 e. The first-order valence-electron chi connectivity index (χ1n) is 9.42. The zero-order chi connectivity index (χ0) is 17.3. The maximum atomic E-state index is 4.76. The molecule has 0 spiro atoms. The molecule has 0 saturated heterocycles. The molecule has 0 amide bonds. The predicted molar refractivity (Wildman–Crippen MR) is 103 cm³/mol. The average Bonchev–Trinajstić information content (AvgIpc) is 3.15. The van der Waals surface area contributed by atoms with E-state index in [1.807, 2.05) is 18.7 Å². The van der Waals surface area contributed by atoms with Crippen molar-refractivity contribution in [2.24, 2.45) is 4.99 Å². The lowest BCUT2D eigenvalue weighted by Crippen LogP contribution is -2.44. The second kappa shape index (κ2) is 9.25. The standard InChI is InChI=1S/C20H29N5/c1-2-22-20(24-19-6-4-3-5-7-19)23-14-17-8-10-18(11-9-17)15-25-13-12-21-16-25/h8-13,16,19H,2-7,14-15H2,1H3,(H2,22,23,24). The number of hydrogen-bond donors (Lipinski definition) is 2. The van der Waals surface area contributed by atoms with E-state index in [9.17, 15) is 0 Å². The lowest BCUT2D eigenvalue weighted by molar-refractivity contribution is 0.410. The van der Waals surface area contributed by atoms with Gasteiger partial charge in [0.1, 0.15) is 0 Å². The molecule has 1 aliphatic rings. The zero-order valence-electron chi connectivity index (χ0n) is 15.1. The first-order chi connectivity index (χ1) is 12.3. The Morgan fingerprint density at radius 1 is 1.16 bits per heavy atom. The van der Waals surface area contributed by atoms with Crippen LogP contribution in [0.5, 0.6) is 0 Å². The van der Waals surface area contributed by atoms with Gasteiger partial charge in [0.05, 0.1) is 12.9 Å². The fourth-order valence-electron chi connectivity index (χ4n) is 3.27. The molecule has 1 heterocycles. The van der Waals surface area contributed by atoms with Gasteiger partial charge in [0.15, 0.2) is 5.96 Å². The van der Waals surface area contributed by atoms with Gasteiger partial charge in [0.2, 0.25) is 0 Å². The van der Waals surface area contributed by atoms with Crippen molar-refractivity contribution >= 4 is 5.96 Å². The van der Waals surface area contributed by atoms with Gasteiger partial charge in [-0.25, -0.2) is 9.98 Å². The van der Waals surface area contributed by atoms with Crippen LogP contribution in [-0.4, -0.2) is 28.1 Å². The van der Waals surface area contributed by atoms with Crippen LogP contribution in [0.3, 0.4) is 0 Å². The molecule has 1 aliphatic carbocycles. The van der Waals surface area contributed by atoms with E-state index in [0.717, 1.165) is 19.0 Å². The molecular formula is C20H29N5. The van der Waals surface area contributed by atoms with E-state index in [0.29, 0.717) is 12.6 Å². The molecule has 0 atom stereocenters. The molecular weight excluding hydrogens is 310 g/mol. The smallest absolute Gasteiger partial charge is 0.191 e. The maximum Gasteiger partial charge on any atom is 0.191 e. The van der Waals surface area contributed by atoms with E-state index in [1.165, 1.54) is 43.2 Å². The van der Waals surface area contributed by atoms with Crippen molar-refractivity contribution in [1.29, 1.82) is 0 Å². The first kappa shape index (κ1) is 17.5. The highest BCUT2D eigenvalue weighted by molar-refractivity contribution is 5.80. The normalized spacial score (nSPS) is 16.0. The van der Waals surface area contributed by atoms with E-state index in [2.05, 4.69) is 51.4 Å². The maximum absolute atomic E-state index is 4.76. The van der Waals surface area contributed by atoms with Crippen LogP contribution in [-0.2, 0) is 13.1 Å². The average molecular weight is 339 g/mol. The third kappa shape index (κ3) is 5.62. The molecule has 134 valence electrons. The molecule has 25 heavy (non-hydrogen) atoms. The van der Waals surface area contributed by atoms with Crippen molar-refractivity contribution in [3.63, 3.8) is 0 Å². The number of aromatic nitrogens is 2. The Kier molecular flexibility index (Phi) is 6.48. The molecule has 5 nitrogen and oxygen atoms in total. The topological polar surface area (TPSA) is 54.2 Å². The predicted octanol–water partition coefficient (Wildman–Crippen LogP) is 3.32. The molecule has 1 aromatic carbocycles. The number of hydrogen-bond acceptors (Lipinski definition) is 2. The summed E-state index contributed by atoms with van der Waals surface area (Å²) in [6.07, 6.45) is 12.2. The van der Waals surface area contributed by atoms with E-state index in [1.54, 1.807) is 0 Å². The Labute approximate surface area is 150 Å². The van der Waals surface area contributed by atoms with Gasteiger partial charge in [0, 0.05) is 31.5 Å². The number of aliphatic imine (C=N–C) groups is 1. The summed E-state index contributed by atoms with van der Waals surface area (Å²) in [5.74, 6) is 0.942. The van der Waals surface area contributed by atoms with Crippen LogP contribution in [0, 0.1) is 0 Å². The van der Waals surface area contributed by atoms with Gasteiger partial charge in [-0.1, -0.05) is 43.5 Å². The molecule has 0 bridgehead atoms. The molecule has 0 radical (unpaired) electrons. The lowest BCUT2D eigenvalue weighted by atomic mass is 9.96. The van der Waals surface area contributed by atoms with Crippen molar-refractivity contribution in [3.8, 4) is 0 Å². The summed E-state index contributed by atoms with van der Waals surface area (Å²) in [6.45, 7) is 4.56. The highest BCUT2D eigenvalue weighted by atomic mass is 15.2. The van der Waals surface area contributed by atoms with Crippen LogP contribution in [0.4, 0.5) is 0 Å². The van der Waals surface area contributed by atoms with Crippen LogP contribution < -0.4 is 10.6 Å². The molecule has 3 rings (SSSR count). The van der Waals surface area contributed by atoms with Gasteiger partial charge in [-0.2, -0.15) is 0 Å². The Hall–Kier alpha value is -2.30. The highest BCUT2D eigenvalue weighted by Crippen LogP contribution is 2.17. The van der Waals surface area contributed by atoms with Gasteiger partial charge in [0.25, 0.3) is 0 Å². The summed E-state index contributed by atoms with van der Waals surface area (Å²) in [7, 11) is 0. The summed E-state index contributed by atoms with van der Waals surface area (Å²) >= 11 is 0. The molecule has 2 aromatic rings. The third-order valence-electron chi connectivity index (χ3n) is 4.66. The highest BCUT2D eigenvalue weighted by Gasteiger charge is 2.14. The lowest BCUT2D eigenvalue weighted by Gasteiger charge is -2.24. The zero-order valence-corrected chi connectivity index (χ0v) is 15.1. The van der Waals surface area contributed by atoms with Gasteiger partial charge in [-0.3, -0.25) is 0 Å². The van der Waals surface area contributed by atoms with E-state index < -0.39 is 0 Å². The minimum absolute atomic E-state index is 0.573. The fraction of sp³-hybridized carbons (Fsp3) is 0.500. The van der Waals surface area contributed by atoms with Gasteiger partial charge >= 0.3 is 0 Å². The Balaban J connectivity index is 1.55. The number of rotatable bonds is 6. The van der Waals surface area contributed by atoms with Crippen molar-refractivity contribution < 1.29 is 0 Å². The molecule has 0 aliphatic heterocycles. The quantitative estimate of drug-likeness (QED) is 0.627. The minimum atomic E-state index is 0.573. The molecule has 5 heteroatoms. The van der Waals surface area contributed by atoms with Crippen molar-refractivity contribution in [1.82, 2.24) is 20.2 Å². The third-order valence-corrected chi connectivity index (χ3v) is 4.66. The number of imidazole rings is 1. The SMILES string of the molecule is CCNC(=NCc1ccc(Cn2ccnc2)cc1)NC1CCCCC1. The van der Waals surface area contributed by atoms with E-state index >= 15 is 0 Å². The van der Waals surface area contributed by atoms with Gasteiger partial charge in [-0.05, 0) is 30.9 Å². The molecule has 1 fully saturated rings. The Morgan fingerprint density at radius 2 is 1.92 bits per heavy atom. The molecule has 1 saturated carbocycles. The van der Waals surface area contributed by atoms with Crippen LogP contribution in [0.2, 0.25) is 0 Å². The summed E-state index contributed by atoms with van der Waals surface area (Å²) in [5.41, 5.74) is 2.51. The number of benzene rings is 1. The van der Waals surface area contributed by atoms with Crippen molar-refractivity contribution in [3.05, 3.63) is 54.1 Å². The van der Waals surface area contributed by atoms with Gasteiger partial charge < -0.3 is 15.2 Å². The van der Waals surface area contributed by atoms with Crippen LogP contribution >= 0.6 is 0 Å². The van der Waals surface area contributed by atoms with Crippen LogP contribution in [0.15, 0.2) is 48.0 Å². The summed E-state index contributed by atoms with van der Waals surface area (Å²) in [6, 6.07) is 9.25. The Bertz CT molecular complexity index is 639.